The Labute approximate surface area is 217 Å². The van der Waals surface area contributed by atoms with Crippen molar-refractivity contribution in [2.75, 3.05) is 5.32 Å². The van der Waals surface area contributed by atoms with Gasteiger partial charge < -0.3 is 9.67 Å². The summed E-state index contributed by atoms with van der Waals surface area (Å²) in [6, 6.07) is 16.3. The van der Waals surface area contributed by atoms with Crippen LogP contribution < -0.4 is 5.32 Å². The van der Waals surface area contributed by atoms with Crippen LogP contribution in [0.3, 0.4) is 0 Å². The minimum atomic E-state index is -1.02. The number of hydrogen-bond acceptors (Lipinski definition) is 4. The fourth-order valence-electron chi connectivity index (χ4n) is 2.99. The number of para-hydroxylation sites is 1. The molecule has 0 fully saturated rings. The van der Waals surface area contributed by atoms with Crippen molar-refractivity contribution in [3.05, 3.63) is 70.7 Å². The van der Waals surface area contributed by atoms with Gasteiger partial charge in [-0.2, -0.15) is 0 Å². The number of amides is 1. The molecular formula is C20H15ClKN3O3S. The first-order chi connectivity index (χ1) is 13.5. The van der Waals surface area contributed by atoms with Crippen LogP contribution in [0.4, 0.5) is 5.13 Å². The number of aromatic nitrogens is 2. The Morgan fingerprint density at radius 1 is 1.14 bits per heavy atom. The molecule has 0 radical (unpaired) electrons. The summed E-state index contributed by atoms with van der Waals surface area (Å²) >= 11 is 7.48. The zero-order valence-electron chi connectivity index (χ0n) is 14.4. The van der Waals surface area contributed by atoms with Crippen LogP contribution in [0.2, 0.25) is 5.02 Å². The Kier molecular flexibility index (Phi) is 7.28. The van der Waals surface area contributed by atoms with Crippen LogP contribution in [-0.4, -0.2) is 77.9 Å². The Balaban J connectivity index is 0.00000240. The number of halogens is 1. The van der Waals surface area contributed by atoms with Gasteiger partial charge in [0.15, 0.2) is 5.13 Å². The number of benzene rings is 2. The van der Waals surface area contributed by atoms with Crippen molar-refractivity contribution in [1.29, 1.82) is 0 Å². The van der Waals surface area contributed by atoms with Gasteiger partial charge in [-0.05, 0) is 18.2 Å². The van der Waals surface area contributed by atoms with Crippen molar-refractivity contribution < 1.29 is 14.7 Å². The SMILES string of the molecule is O=C(O)Cn1c(C(=O)Nc2nc(-c3ccccc3Cl)cs2)cc2ccccc21.[KH]. The van der Waals surface area contributed by atoms with Crippen LogP contribution in [0.5, 0.6) is 0 Å². The van der Waals surface area contributed by atoms with Gasteiger partial charge in [0.2, 0.25) is 0 Å². The molecule has 0 aliphatic heterocycles. The molecule has 4 rings (SSSR count). The molecule has 0 bridgehead atoms. The molecule has 0 unspecified atom stereocenters. The zero-order valence-corrected chi connectivity index (χ0v) is 16.0. The second-order valence-corrected chi connectivity index (χ2v) is 7.31. The number of carbonyl (C=O) groups excluding carboxylic acids is 1. The van der Waals surface area contributed by atoms with E-state index in [4.69, 9.17) is 11.6 Å². The first-order valence-corrected chi connectivity index (χ1v) is 9.60. The minimum absolute atomic E-state index is 0. The standard InChI is InChI=1S/C20H14ClN3O3S.K.H/c21-14-7-3-2-6-13(14)15-11-28-20(22-15)23-19(27)17-9-12-5-1-4-8-16(12)24(17)10-18(25)26;;/h1-9,11H,10H2,(H,25,26)(H,22,23,27);;. The average Bonchev–Trinajstić information content (AvgIpc) is 3.27. The average molecular weight is 452 g/mol. The maximum absolute atomic E-state index is 12.8. The van der Waals surface area contributed by atoms with E-state index in [1.165, 1.54) is 15.9 Å². The number of carbonyl (C=O) groups is 2. The van der Waals surface area contributed by atoms with Crippen LogP contribution >= 0.6 is 22.9 Å². The zero-order chi connectivity index (χ0) is 19.7. The molecule has 2 heterocycles. The quantitative estimate of drug-likeness (QED) is 0.447. The molecule has 0 spiro atoms. The van der Waals surface area contributed by atoms with Crippen molar-refractivity contribution in [2.24, 2.45) is 0 Å². The summed E-state index contributed by atoms with van der Waals surface area (Å²) in [6.45, 7) is -0.307. The van der Waals surface area contributed by atoms with Crippen molar-refractivity contribution >= 4 is 102 Å². The molecule has 2 N–H and O–H groups in total. The van der Waals surface area contributed by atoms with Crippen LogP contribution in [0.15, 0.2) is 60.0 Å². The monoisotopic (exact) mass is 451 g/mol. The van der Waals surface area contributed by atoms with Gasteiger partial charge in [0.25, 0.3) is 5.91 Å². The molecule has 0 saturated heterocycles. The van der Waals surface area contributed by atoms with E-state index >= 15 is 0 Å². The topological polar surface area (TPSA) is 84.2 Å². The van der Waals surface area contributed by atoms with Crippen LogP contribution in [-0.2, 0) is 11.3 Å². The van der Waals surface area contributed by atoms with Crippen molar-refractivity contribution in [3.8, 4) is 11.3 Å². The molecule has 2 aromatic heterocycles. The van der Waals surface area contributed by atoms with Gasteiger partial charge in [0, 0.05) is 26.9 Å². The van der Waals surface area contributed by atoms with Crippen molar-refractivity contribution in [2.45, 2.75) is 6.54 Å². The molecule has 2 aromatic carbocycles. The summed E-state index contributed by atoms with van der Waals surface area (Å²) in [5.74, 6) is -1.44. The molecule has 0 atom stereocenters. The van der Waals surface area contributed by atoms with Crippen molar-refractivity contribution in [3.63, 3.8) is 0 Å². The number of nitrogens with one attached hydrogen (secondary N) is 1. The molecular weight excluding hydrogens is 437 g/mol. The number of anilines is 1. The predicted molar refractivity (Wildman–Crippen MR) is 117 cm³/mol. The van der Waals surface area contributed by atoms with Gasteiger partial charge in [-0.1, -0.05) is 48.0 Å². The second kappa shape index (κ2) is 9.52. The second-order valence-electron chi connectivity index (χ2n) is 6.04. The summed E-state index contributed by atoms with van der Waals surface area (Å²) in [6.07, 6.45) is 0. The van der Waals surface area contributed by atoms with E-state index in [1.807, 2.05) is 35.7 Å². The number of carboxylic acid groups (broad SMARTS) is 1. The molecule has 4 aromatic rings. The van der Waals surface area contributed by atoms with Crippen molar-refractivity contribution in [1.82, 2.24) is 9.55 Å². The number of thiazole rings is 1. The number of carboxylic acids is 1. The summed E-state index contributed by atoms with van der Waals surface area (Å²) in [5.41, 5.74) is 2.39. The number of hydrogen-bond donors (Lipinski definition) is 2. The van der Waals surface area contributed by atoms with Crippen LogP contribution in [0, 0.1) is 0 Å². The summed E-state index contributed by atoms with van der Waals surface area (Å²) < 4.78 is 1.48. The fourth-order valence-corrected chi connectivity index (χ4v) is 3.93. The number of aliphatic carboxylic acids is 1. The van der Waals surface area contributed by atoms with Crippen LogP contribution in [0.1, 0.15) is 10.5 Å². The van der Waals surface area contributed by atoms with E-state index in [0.717, 1.165) is 10.9 Å². The molecule has 1 amide bonds. The third kappa shape index (κ3) is 4.80. The first kappa shape index (κ1) is 22.2. The van der Waals surface area contributed by atoms with Gasteiger partial charge in [-0.15, -0.1) is 11.3 Å². The Morgan fingerprint density at radius 2 is 1.86 bits per heavy atom. The molecule has 0 aliphatic carbocycles. The normalized spacial score (nSPS) is 10.5. The molecule has 29 heavy (non-hydrogen) atoms. The van der Waals surface area contributed by atoms with E-state index in [-0.39, 0.29) is 63.6 Å². The molecule has 0 saturated carbocycles. The Hall–Kier alpha value is -1.52. The van der Waals surface area contributed by atoms with Gasteiger partial charge in [0.05, 0.1) is 5.69 Å². The summed E-state index contributed by atoms with van der Waals surface area (Å²) in [4.78, 5) is 28.5. The van der Waals surface area contributed by atoms with E-state index in [2.05, 4.69) is 10.3 Å². The van der Waals surface area contributed by atoms with Gasteiger partial charge in [-0.25, -0.2) is 4.98 Å². The third-order valence-corrected chi connectivity index (χ3v) is 5.30. The molecule has 6 nitrogen and oxygen atoms in total. The first-order valence-electron chi connectivity index (χ1n) is 8.35. The third-order valence-electron chi connectivity index (χ3n) is 4.21. The Morgan fingerprint density at radius 3 is 2.62 bits per heavy atom. The maximum atomic E-state index is 12.8. The number of fused-ring (bicyclic) bond motifs is 1. The van der Waals surface area contributed by atoms with Gasteiger partial charge in [0.1, 0.15) is 12.2 Å². The van der Waals surface area contributed by atoms with Gasteiger partial charge >= 0.3 is 57.4 Å². The van der Waals surface area contributed by atoms with E-state index in [9.17, 15) is 14.7 Å². The molecule has 0 aliphatic rings. The molecule has 9 heteroatoms. The van der Waals surface area contributed by atoms with E-state index < -0.39 is 11.9 Å². The Bertz CT molecular complexity index is 1200. The van der Waals surface area contributed by atoms with E-state index in [0.29, 0.717) is 21.4 Å². The van der Waals surface area contributed by atoms with Crippen LogP contribution in [0.25, 0.3) is 22.2 Å². The number of rotatable bonds is 5. The van der Waals surface area contributed by atoms with E-state index in [1.54, 1.807) is 24.3 Å². The van der Waals surface area contributed by atoms with Gasteiger partial charge in [-0.3, -0.25) is 14.9 Å². The summed E-state index contributed by atoms with van der Waals surface area (Å²) in [7, 11) is 0. The molecule has 142 valence electrons. The predicted octanol–water partition coefficient (Wildman–Crippen LogP) is 4.11. The number of nitrogens with zero attached hydrogens (tertiary/aromatic N) is 2. The fraction of sp³-hybridized carbons (Fsp3) is 0.0500. The summed E-state index contributed by atoms with van der Waals surface area (Å²) in [5, 5.41) is 15.6.